The van der Waals surface area contributed by atoms with E-state index in [0.717, 1.165) is 128 Å². The highest BCUT2D eigenvalue weighted by molar-refractivity contribution is 7.47. The average Bonchev–Trinajstić information content (AvgIpc) is 0.937. The van der Waals surface area contributed by atoms with Gasteiger partial charge in [-0.05, 0) is 128 Å². The number of aliphatic hydroxyl groups is 1. The number of ether oxygens (including phenoxy) is 4. The Morgan fingerprint density at radius 2 is 0.481 bits per heavy atom. The molecule has 0 aromatic rings. The van der Waals surface area contributed by atoms with Crippen LogP contribution in [0.5, 0.6) is 0 Å². The molecule has 0 aliphatic carbocycles. The summed E-state index contributed by atoms with van der Waals surface area (Å²) >= 11 is 0. The standard InChI is InChI=1S/C85H148O17P2/c1-5-9-13-17-21-25-29-33-37-39-43-45-49-53-57-61-65-69-82(87)95-75-80(101-84(89)71-67-63-59-55-51-47-41-35-31-27-23-19-15-11-7-3)77-99-103(91,92)97-73-79(86)74-98-104(93,94)100-78-81(102-85(90)72-68-64-60-56-52-48-42-36-32-28-24-20-16-12-8-4)76-96-83(88)70-66-62-58-54-50-46-44-40-38-34-30-26-22-18-14-10-6-2/h21-22,25-27,31,33-34,37-38,43-46,53-54,57-58,79-81,86H,5-20,23-24,28-30,32,35-36,39-42,47-52,55-56,59-78H2,1-4H3,(H,91,92)(H,93,94)/b25-21-,26-22-,31-27-,37-33-,38-34-,45-43-,46-44-,57-53-,58-54-/t79-,80-,81-/m1/s1. The Labute approximate surface area is 632 Å². The molecule has 104 heavy (non-hydrogen) atoms. The Bertz CT molecular complexity index is 2390. The first kappa shape index (κ1) is 99.7. The minimum absolute atomic E-state index is 0.0770. The number of aliphatic hydroxyl groups excluding tert-OH is 1. The van der Waals surface area contributed by atoms with Crippen molar-refractivity contribution in [2.45, 2.75) is 367 Å². The molecule has 0 fully saturated rings. The summed E-state index contributed by atoms with van der Waals surface area (Å²) < 4.78 is 68.6. The molecule has 3 N–H and O–H groups in total. The molecule has 0 aromatic carbocycles. The fourth-order valence-electron chi connectivity index (χ4n) is 10.9. The number of carbonyl (C=O) groups excluding carboxylic acids is 4. The predicted molar refractivity (Wildman–Crippen MR) is 427 cm³/mol. The lowest BCUT2D eigenvalue weighted by molar-refractivity contribution is -0.161. The first-order valence-corrected chi connectivity index (χ1v) is 44.1. The zero-order valence-corrected chi connectivity index (χ0v) is 67.5. The number of hydrogen-bond acceptors (Lipinski definition) is 15. The fourth-order valence-corrected chi connectivity index (χ4v) is 12.5. The third-order valence-corrected chi connectivity index (χ3v) is 19.1. The van der Waals surface area contributed by atoms with Crippen molar-refractivity contribution in [3.8, 4) is 0 Å². The topological polar surface area (TPSA) is 237 Å². The number of hydrogen-bond donors (Lipinski definition) is 3. The van der Waals surface area contributed by atoms with Crippen LogP contribution in [0.15, 0.2) is 109 Å². The largest absolute Gasteiger partial charge is 0.472 e. The van der Waals surface area contributed by atoms with Crippen molar-refractivity contribution in [2.24, 2.45) is 0 Å². The highest BCUT2D eigenvalue weighted by atomic mass is 31.2. The maximum absolute atomic E-state index is 13.1. The monoisotopic (exact) mass is 1500 g/mol. The normalized spacial score (nSPS) is 14.4. The molecular formula is C85H148O17P2. The number of allylic oxidation sites excluding steroid dienone is 18. The molecule has 0 aliphatic heterocycles. The molecular weight excluding hydrogens is 1350 g/mol. The molecule has 600 valence electrons. The molecule has 0 amide bonds. The Kier molecular flexibility index (Phi) is 73.7. The number of unbranched alkanes of at least 4 members (excludes halogenated alkanes) is 33. The smallest absolute Gasteiger partial charge is 0.462 e. The van der Waals surface area contributed by atoms with Crippen molar-refractivity contribution in [3.05, 3.63) is 109 Å². The second kappa shape index (κ2) is 76.9. The summed E-state index contributed by atoms with van der Waals surface area (Å²) in [6.07, 6.45) is 83.6. The van der Waals surface area contributed by atoms with Gasteiger partial charge in [0.15, 0.2) is 12.2 Å². The summed E-state index contributed by atoms with van der Waals surface area (Å²) in [5.74, 6) is -2.29. The van der Waals surface area contributed by atoms with Crippen LogP contribution in [-0.2, 0) is 65.4 Å². The van der Waals surface area contributed by atoms with Gasteiger partial charge in [-0.25, -0.2) is 9.13 Å². The zero-order chi connectivity index (χ0) is 76.0. The van der Waals surface area contributed by atoms with Crippen LogP contribution in [0.3, 0.4) is 0 Å². The van der Waals surface area contributed by atoms with Gasteiger partial charge < -0.3 is 33.8 Å². The highest BCUT2D eigenvalue weighted by Gasteiger charge is 2.30. The first-order chi connectivity index (χ1) is 50.7. The van der Waals surface area contributed by atoms with Gasteiger partial charge in [0, 0.05) is 25.7 Å². The molecule has 0 heterocycles. The van der Waals surface area contributed by atoms with Crippen LogP contribution in [0.1, 0.15) is 349 Å². The quantitative estimate of drug-likeness (QED) is 0.0169. The number of phosphoric ester groups is 2. The lowest BCUT2D eigenvalue weighted by Gasteiger charge is -2.21. The van der Waals surface area contributed by atoms with E-state index in [1.165, 1.54) is 128 Å². The molecule has 2 unspecified atom stereocenters. The van der Waals surface area contributed by atoms with Gasteiger partial charge in [-0.1, -0.05) is 304 Å². The maximum atomic E-state index is 13.1. The second-order valence-corrected chi connectivity index (χ2v) is 30.3. The summed E-state index contributed by atoms with van der Waals surface area (Å²) in [6, 6.07) is 0. The van der Waals surface area contributed by atoms with E-state index in [-0.39, 0.29) is 25.7 Å². The second-order valence-electron chi connectivity index (χ2n) is 27.4. The molecule has 0 aliphatic rings. The number of phosphoric acid groups is 2. The molecule has 0 spiro atoms. The van der Waals surface area contributed by atoms with Crippen LogP contribution in [0.2, 0.25) is 0 Å². The van der Waals surface area contributed by atoms with E-state index in [1.807, 2.05) is 24.3 Å². The number of esters is 4. The van der Waals surface area contributed by atoms with Crippen LogP contribution in [0.4, 0.5) is 0 Å². The minimum atomic E-state index is -4.99. The Hall–Kier alpha value is -4.28. The van der Waals surface area contributed by atoms with E-state index in [2.05, 4.69) is 113 Å². The van der Waals surface area contributed by atoms with E-state index in [0.29, 0.717) is 38.5 Å². The number of rotatable bonds is 77. The van der Waals surface area contributed by atoms with Gasteiger partial charge >= 0.3 is 39.5 Å². The third-order valence-electron chi connectivity index (χ3n) is 17.2. The predicted octanol–water partition coefficient (Wildman–Crippen LogP) is 24.1. The summed E-state index contributed by atoms with van der Waals surface area (Å²) in [4.78, 5) is 73.0. The summed E-state index contributed by atoms with van der Waals surface area (Å²) in [5.41, 5.74) is 0. The SMILES string of the molecule is CCCCC/C=C\C/C=C\C/C=C\C/C=C\CCCC(=O)OC[C@H](COP(=O)(O)OC[C@@H](O)COP(=O)(O)OC[C@@H](COC(=O)CCC/C=C\C/C=C\C/C=C\C/C=C\CCCCC)OC(=O)CCCCCCCCCCCCCCCCC)OC(=O)CCCCCCCCC/C=C\CCCCCC. The minimum Gasteiger partial charge on any atom is -0.462 e. The van der Waals surface area contributed by atoms with E-state index < -0.39 is 97.5 Å². The van der Waals surface area contributed by atoms with Crippen molar-refractivity contribution in [3.63, 3.8) is 0 Å². The van der Waals surface area contributed by atoms with Crippen molar-refractivity contribution in [2.75, 3.05) is 39.6 Å². The molecule has 17 nitrogen and oxygen atoms in total. The molecule has 0 bridgehead atoms. The van der Waals surface area contributed by atoms with Crippen LogP contribution in [0, 0.1) is 0 Å². The number of carbonyl (C=O) groups is 4. The van der Waals surface area contributed by atoms with Gasteiger partial charge in [-0.15, -0.1) is 0 Å². The Morgan fingerprint density at radius 1 is 0.269 bits per heavy atom. The zero-order valence-electron chi connectivity index (χ0n) is 65.7. The molecule has 0 saturated carbocycles. The summed E-state index contributed by atoms with van der Waals surface area (Å²) in [6.45, 7) is 4.73. The van der Waals surface area contributed by atoms with Crippen molar-refractivity contribution >= 4 is 39.5 Å². The van der Waals surface area contributed by atoms with E-state index in [9.17, 15) is 43.2 Å². The van der Waals surface area contributed by atoms with Crippen LogP contribution in [0.25, 0.3) is 0 Å². The molecule has 0 saturated heterocycles. The lowest BCUT2D eigenvalue weighted by atomic mass is 10.0. The summed E-state index contributed by atoms with van der Waals surface area (Å²) in [7, 11) is -9.99. The van der Waals surface area contributed by atoms with Gasteiger partial charge in [0.25, 0.3) is 0 Å². The first-order valence-electron chi connectivity index (χ1n) is 41.1. The maximum Gasteiger partial charge on any atom is 0.472 e. The van der Waals surface area contributed by atoms with E-state index in [1.54, 1.807) is 0 Å². The molecule has 0 rings (SSSR count). The molecule has 5 atom stereocenters. The fraction of sp³-hybridized carbons (Fsp3) is 0.741. The lowest BCUT2D eigenvalue weighted by Crippen LogP contribution is -2.30. The van der Waals surface area contributed by atoms with Gasteiger partial charge in [-0.2, -0.15) is 0 Å². The van der Waals surface area contributed by atoms with Gasteiger partial charge in [-0.3, -0.25) is 37.3 Å². The summed E-state index contributed by atoms with van der Waals surface area (Å²) in [5, 5.41) is 10.6. The van der Waals surface area contributed by atoms with Gasteiger partial charge in [0.1, 0.15) is 19.3 Å². The van der Waals surface area contributed by atoms with Crippen molar-refractivity contribution in [1.82, 2.24) is 0 Å². The third kappa shape index (κ3) is 75.9. The average molecular weight is 1500 g/mol. The van der Waals surface area contributed by atoms with E-state index >= 15 is 0 Å². The highest BCUT2D eigenvalue weighted by Crippen LogP contribution is 2.45. The van der Waals surface area contributed by atoms with Crippen LogP contribution in [-0.4, -0.2) is 96.7 Å². The molecule has 0 radical (unpaired) electrons. The Balaban J connectivity index is 5.44. The van der Waals surface area contributed by atoms with Crippen LogP contribution >= 0.6 is 15.6 Å². The van der Waals surface area contributed by atoms with Crippen LogP contribution < -0.4 is 0 Å². The van der Waals surface area contributed by atoms with Crippen molar-refractivity contribution in [1.29, 1.82) is 0 Å². The molecule has 19 heteroatoms. The van der Waals surface area contributed by atoms with Gasteiger partial charge in [0.05, 0.1) is 26.4 Å². The van der Waals surface area contributed by atoms with E-state index in [4.69, 9.17) is 37.0 Å². The molecule has 0 aromatic heterocycles. The van der Waals surface area contributed by atoms with Crippen molar-refractivity contribution < 1.29 is 80.2 Å². The Morgan fingerprint density at radius 3 is 0.788 bits per heavy atom. The van der Waals surface area contributed by atoms with Gasteiger partial charge in [0.2, 0.25) is 0 Å².